The van der Waals surface area contributed by atoms with Crippen LogP contribution in [0.25, 0.3) is 0 Å². The average Bonchev–Trinajstić information content (AvgIpc) is 2.18. The number of hydrogen-bond acceptors (Lipinski definition) is 2. The Bertz CT molecular complexity index is 418. The Morgan fingerprint density at radius 2 is 1.94 bits per heavy atom. The minimum Gasteiger partial charge on any atom is -0.487 e. The van der Waals surface area contributed by atoms with Gasteiger partial charge in [-0.2, -0.15) is 0 Å². The molecule has 1 N–H and O–H groups in total. The van der Waals surface area contributed by atoms with E-state index in [4.69, 9.17) is 9.84 Å². The molecule has 0 unspecified atom stereocenters. The van der Waals surface area contributed by atoms with Crippen LogP contribution in [-0.4, -0.2) is 17.7 Å². The minimum absolute atomic E-state index is 0.278. The van der Waals surface area contributed by atoms with Crippen LogP contribution in [0.4, 0.5) is 8.78 Å². The Hall–Kier alpha value is -1.65. The van der Waals surface area contributed by atoms with Crippen molar-refractivity contribution in [2.45, 2.75) is 19.3 Å². The second-order valence-electron chi connectivity index (χ2n) is 4.18. The number of rotatable bonds is 4. The second kappa shape index (κ2) is 4.69. The van der Waals surface area contributed by atoms with Gasteiger partial charge in [-0.05, 0) is 30.9 Å². The Morgan fingerprint density at radius 3 is 2.35 bits per heavy atom. The van der Waals surface area contributed by atoms with E-state index in [2.05, 4.69) is 0 Å². The van der Waals surface area contributed by atoms with Crippen LogP contribution in [-0.2, 0) is 0 Å². The first-order valence-electron chi connectivity index (χ1n) is 5.43. The fourth-order valence-electron chi connectivity index (χ4n) is 1.68. The number of carboxylic acids is 1. The molecule has 0 atom stereocenters. The summed E-state index contributed by atoms with van der Waals surface area (Å²) in [5.74, 6) is -3.44. The van der Waals surface area contributed by atoms with Crippen LogP contribution in [0, 0.1) is 17.6 Å². The van der Waals surface area contributed by atoms with Gasteiger partial charge in [0.2, 0.25) is 0 Å². The number of carboxylic acid groups (broad SMARTS) is 1. The van der Waals surface area contributed by atoms with E-state index in [1.54, 1.807) is 0 Å². The fraction of sp³-hybridized carbons (Fsp3) is 0.417. The Labute approximate surface area is 97.0 Å². The van der Waals surface area contributed by atoms with Gasteiger partial charge in [0.05, 0.1) is 12.2 Å². The SMILES string of the molecule is O=C(O)c1cc(F)c(OCC2CCC2)c(F)c1. The zero-order valence-electron chi connectivity index (χ0n) is 9.08. The van der Waals surface area contributed by atoms with Crippen LogP contribution in [0.1, 0.15) is 29.6 Å². The molecule has 3 nitrogen and oxygen atoms in total. The third kappa shape index (κ3) is 2.54. The summed E-state index contributed by atoms with van der Waals surface area (Å²) in [4.78, 5) is 10.6. The molecule has 1 aliphatic rings. The van der Waals surface area contributed by atoms with Crippen molar-refractivity contribution in [3.63, 3.8) is 0 Å². The van der Waals surface area contributed by atoms with Gasteiger partial charge < -0.3 is 9.84 Å². The highest BCUT2D eigenvalue weighted by molar-refractivity contribution is 5.87. The highest BCUT2D eigenvalue weighted by atomic mass is 19.1. The monoisotopic (exact) mass is 242 g/mol. The summed E-state index contributed by atoms with van der Waals surface area (Å²) in [5, 5.41) is 8.62. The molecule has 1 aliphatic carbocycles. The first kappa shape index (κ1) is 11.8. The van der Waals surface area contributed by atoms with Gasteiger partial charge in [-0.3, -0.25) is 0 Å². The minimum atomic E-state index is -1.37. The van der Waals surface area contributed by atoms with Crippen molar-refractivity contribution in [1.82, 2.24) is 0 Å². The zero-order valence-corrected chi connectivity index (χ0v) is 9.08. The molecule has 0 aliphatic heterocycles. The summed E-state index contributed by atoms with van der Waals surface area (Å²) in [6, 6.07) is 1.53. The molecule has 5 heteroatoms. The zero-order chi connectivity index (χ0) is 12.4. The van der Waals surface area contributed by atoms with Crippen molar-refractivity contribution in [2.75, 3.05) is 6.61 Å². The lowest BCUT2D eigenvalue weighted by Gasteiger charge is -2.25. The lowest BCUT2D eigenvalue weighted by atomic mass is 9.86. The molecule has 92 valence electrons. The van der Waals surface area contributed by atoms with E-state index in [9.17, 15) is 13.6 Å². The quantitative estimate of drug-likeness (QED) is 0.883. The van der Waals surface area contributed by atoms with E-state index in [0.717, 1.165) is 31.4 Å². The van der Waals surface area contributed by atoms with E-state index >= 15 is 0 Å². The normalized spacial score (nSPS) is 15.4. The van der Waals surface area contributed by atoms with E-state index in [-0.39, 0.29) is 6.61 Å². The van der Waals surface area contributed by atoms with Crippen LogP contribution >= 0.6 is 0 Å². The van der Waals surface area contributed by atoms with Crippen LogP contribution in [0.5, 0.6) is 5.75 Å². The summed E-state index contributed by atoms with van der Waals surface area (Å²) in [5.41, 5.74) is -0.420. The number of hydrogen-bond donors (Lipinski definition) is 1. The largest absolute Gasteiger partial charge is 0.487 e. The first-order valence-corrected chi connectivity index (χ1v) is 5.43. The van der Waals surface area contributed by atoms with Gasteiger partial charge in [0.25, 0.3) is 0 Å². The van der Waals surface area contributed by atoms with Gasteiger partial charge in [0.15, 0.2) is 17.4 Å². The lowest BCUT2D eigenvalue weighted by Crippen LogP contribution is -2.20. The van der Waals surface area contributed by atoms with Crippen molar-refractivity contribution in [3.05, 3.63) is 29.3 Å². The lowest BCUT2D eigenvalue weighted by molar-refractivity contribution is 0.0695. The molecule has 0 aromatic heterocycles. The van der Waals surface area contributed by atoms with E-state index in [1.165, 1.54) is 0 Å². The smallest absolute Gasteiger partial charge is 0.335 e. The number of halogens is 2. The molecule has 0 saturated heterocycles. The van der Waals surface area contributed by atoms with Gasteiger partial charge >= 0.3 is 5.97 Å². The number of ether oxygens (including phenoxy) is 1. The summed E-state index contributed by atoms with van der Waals surface area (Å²) >= 11 is 0. The molecule has 2 rings (SSSR count). The van der Waals surface area contributed by atoms with Crippen molar-refractivity contribution in [2.24, 2.45) is 5.92 Å². The van der Waals surface area contributed by atoms with Gasteiger partial charge in [-0.15, -0.1) is 0 Å². The van der Waals surface area contributed by atoms with Gasteiger partial charge in [-0.25, -0.2) is 13.6 Å². The molecule has 0 amide bonds. The van der Waals surface area contributed by atoms with Crippen molar-refractivity contribution >= 4 is 5.97 Å². The molecule has 0 radical (unpaired) electrons. The molecule has 0 heterocycles. The van der Waals surface area contributed by atoms with Crippen LogP contribution < -0.4 is 4.74 Å². The summed E-state index contributed by atoms with van der Waals surface area (Å²) < 4.78 is 31.9. The average molecular weight is 242 g/mol. The van der Waals surface area contributed by atoms with Gasteiger partial charge in [-0.1, -0.05) is 6.42 Å². The van der Waals surface area contributed by atoms with Crippen LogP contribution in [0.15, 0.2) is 12.1 Å². The highest BCUT2D eigenvalue weighted by Gasteiger charge is 2.21. The van der Waals surface area contributed by atoms with Crippen molar-refractivity contribution in [1.29, 1.82) is 0 Å². The predicted octanol–water partition coefficient (Wildman–Crippen LogP) is 2.84. The maximum Gasteiger partial charge on any atom is 0.335 e. The highest BCUT2D eigenvalue weighted by Crippen LogP contribution is 2.29. The Kier molecular flexibility index (Phi) is 3.26. The van der Waals surface area contributed by atoms with Gasteiger partial charge in [0, 0.05) is 0 Å². The molecular weight excluding hydrogens is 230 g/mol. The first-order chi connectivity index (χ1) is 8.08. The van der Waals surface area contributed by atoms with Crippen molar-refractivity contribution < 1.29 is 23.4 Å². The molecular formula is C12H12F2O3. The molecule has 1 saturated carbocycles. The molecule has 1 fully saturated rings. The second-order valence-corrected chi connectivity index (χ2v) is 4.18. The number of benzene rings is 1. The summed E-state index contributed by atoms with van der Waals surface area (Å²) in [7, 11) is 0. The van der Waals surface area contributed by atoms with E-state index < -0.39 is 28.9 Å². The van der Waals surface area contributed by atoms with Gasteiger partial charge in [0.1, 0.15) is 0 Å². The summed E-state index contributed by atoms with van der Waals surface area (Å²) in [6.07, 6.45) is 3.14. The maximum absolute atomic E-state index is 13.4. The van der Waals surface area contributed by atoms with Crippen LogP contribution in [0.2, 0.25) is 0 Å². The number of carbonyl (C=O) groups is 1. The van der Waals surface area contributed by atoms with Crippen LogP contribution in [0.3, 0.4) is 0 Å². The molecule has 1 aromatic carbocycles. The number of aromatic carboxylic acids is 1. The molecule has 17 heavy (non-hydrogen) atoms. The standard InChI is InChI=1S/C12H12F2O3/c13-9-4-8(12(15)16)5-10(14)11(9)17-6-7-2-1-3-7/h4-5,7H,1-3,6H2,(H,15,16). The molecule has 0 spiro atoms. The topological polar surface area (TPSA) is 46.5 Å². The summed E-state index contributed by atoms with van der Waals surface area (Å²) in [6.45, 7) is 0.278. The third-order valence-electron chi connectivity index (χ3n) is 2.93. The van der Waals surface area contributed by atoms with E-state index in [0.29, 0.717) is 5.92 Å². The third-order valence-corrected chi connectivity index (χ3v) is 2.93. The van der Waals surface area contributed by atoms with Crippen molar-refractivity contribution in [3.8, 4) is 5.75 Å². The Balaban J connectivity index is 2.12. The maximum atomic E-state index is 13.4. The molecule has 0 bridgehead atoms. The fourth-order valence-corrected chi connectivity index (χ4v) is 1.68. The molecule has 1 aromatic rings. The Morgan fingerprint density at radius 1 is 1.35 bits per heavy atom. The van der Waals surface area contributed by atoms with E-state index in [1.807, 2.05) is 0 Å². The predicted molar refractivity (Wildman–Crippen MR) is 56.2 cm³/mol.